The Balaban J connectivity index is 1.96. The molecule has 0 spiro atoms. The monoisotopic (exact) mass is 289 g/mol. The zero-order valence-electron chi connectivity index (χ0n) is 12.0. The van der Waals surface area contributed by atoms with Crippen molar-refractivity contribution in [3.63, 3.8) is 0 Å². The van der Waals surface area contributed by atoms with Crippen LogP contribution in [0.3, 0.4) is 0 Å². The fraction of sp³-hybridized carbons (Fsp3) is 0.500. The Hall–Kier alpha value is -2.15. The van der Waals surface area contributed by atoms with Gasteiger partial charge in [-0.05, 0) is 19.3 Å². The second-order valence-corrected chi connectivity index (χ2v) is 5.68. The molecule has 2 N–H and O–H groups in total. The van der Waals surface area contributed by atoms with Crippen LogP contribution in [0.4, 0.5) is 5.95 Å². The first kappa shape index (κ1) is 13.8. The van der Waals surface area contributed by atoms with Crippen LogP contribution in [-0.2, 0) is 6.54 Å². The number of nitrogens with one attached hydrogen (secondary N) is 1. The third kappa shape index (κ3) is 2.44. The molecule has 2 heterocycles. The molecule has 1 saturated carbocycles. The van der Waals surface area contributed by atoms with Crippen molar-refractivity contribution < 1.29 is 5.11 Å². The third-order valence-corrected chi connectivity index (χ3v) is 3.97. The highest BCUT2D eigenvalue weighted by atomic mass is 16.3. The average Bonchev–Trinajstić information content (AvgIpc) is 2.81. The van der Waals surface area contributed by atoms with E-state index >= 15 is 0 Å². The van der Waals surface area contributed by atoms with Crippen LogP contribution in [0.5, 0.6) is 0 Å². The van der Waals surface area contributed by atoms with Crippen LogP contribution in [0.1, 0.15) is 19.3 Å². The number of aromatic amines is 1. The molecule has 0 aromatic carbocycles. The highest BCUT2D eigenvalue weighted by molar-refractivity contribution is 5.74. The average molecular weight is 289 g/mol. The SMILES string of the molecule is C=CCn1ncc2c(=O)[nH]c(N(C)CC3(O)CCC3)nc21. The van der Waals surface area contributed by atoms with Crippen molar-refractivity contribution in [1.82, 2.24) is 19.7 Å². The number of nitrogens with zero attached hydrogens (tertiary/aromatic N) is 4. The molecule has 7 heteroatoms. The van der Waals surface area contributed by atoms with Crippen molar-refractivity contribution in [1.29, 1.82) is 0 Å². The Labute approximate surface area is 121 Å². The minimum Gasteiger partial charge on any atom is -0.388 e. The van der Waals surface area contributed by atoms with Gasteiger partial charge in [0.05, 0.1) is 18.3 Å². The van der Waals surface area contributed by atoms with Gasteiger partial charge in [0.2, 0.25) is 5.95 Å². The van der Waals surface area contributed by atoms with Gasteiger partial charge in [-0.2, -0.15) is 10.1 Å². The summed E-state index contributed by atoms with van der Waals surface area (Å²) in [4.78, 5) is 21.1. The number of aromatic nitrogens is 4. The zero-order chi connectivity index (χ0) is 15.0. The summed E-state index contributed by atoms with van der Waals surface area (Å²) in [7, 11) is 1.81. The maximum atomic E-state index is 12.1. The Bertz CT molecular complexity index is 729. The fourth-order valence-electron chi connectivity index (χ4n) is 2.65. The van der Waals surface area contributed by atoms with E-state index in [2.05, 4.69) is 21.6 Å². The van der Waals surface area contributed by atoms with Crippen LogP contribution < -0.4 is 10.5 Å². The van der Waals surface area contributed by atoms with E-state index in [4.69, 9.17) is 0 Å². The lowest BCUT2D eigenvalue weighted by Gasteiger charge is -2.39. The zero-order valence-corrected chi connectivity index (χ0v) is 12.0. The molecular formula is C14H19N5O2. The highest BCUT2D eigenvalue weighted by Crippen LogP contribution is 2.32. The second kappa shape index (κ2) is 5.00. The van der Waals surface area contributed by atoms with Gasteiger partial charge >= 0.3 is 0 Å². The molecule has 0 atom stereocenters. The van der Waals surface area contributed by atoms with Crippen molar-refractivity contribution in [3.8, 4) is 0 Å². The Morgan fingerprint density at radius 2 is 2.38 bits per heavy atom. The number of H-pyrrole nitrogens is 1. The van der Waals surface area contributed by atoms with E-state index in [1.54, 1.807) is 15.7 Å². The Morgan fingerprint density at radius 3 is 3.00 bits per heavy atom. The summed E-state index contributed by atoms with van der Waals surface area (Å²) in [5, 5.41) is 14.8. The summed E-state index contributed by atoms with van der Waals surface area (Å²) in [6, 6.07) is 0. The van der Waals surface area contributed by atoms with E-state index in [9.17, 15) is 9.90 Å². The standard InChI is InChI=1S/C14H19N5O2/c1-3-7-19-11-10(8-15-19)12(20)17-13(16-11)18(2)9-14(21)5-4-6-14/h3,8,21H,1,4-7,9H2,2H3,(H,16,17,20). The van der Waals surface area contributed by atoms with Gasteiger partial charge in [-0.1, -0.05) is 6.08 Å². The molecule has 7 nitrogen and oxygen atoms in total. The van der Waals surface area contributed by atoms with Crippen molar-refractivity contribution in [2.45, 2.75) is 31.4 Å². The predicted molar refractivity (Wildman–Crippen MR) is 80.4 cm³/mol. The predicted octanol–water partition coefficient (Wildman–Crippen LogP) is 0.657. The number of aliphatic hydroxyl groups is 1. The van der Waals surface area contributed by atoms with E-state index in [1.165, 1.54) is 6.20 Å². The van der Waals surface area contributed by atoms with Gasteiger partial charge in [-0.3, -0.25) is 9.78 Å². The first-order valence-electron chi connectivity index (χ1n) is 7.03. The fourth-order valence-corrected chi connectivity index (χ4v) is 2.65. The van der Waals surface area contributed by atoms with Crippen LogP contribution in [0.2, 0.25) is 0 Å². The van der Waals surface area contributed by atoms with Crippen LogP contribution in [0, 0.1) is 0 Å². The summed E-state index contributed by atoms with van der Waals surface area (Å²) in [5.41, 5.74) is -0.359. The molecule has 3 rings (SSSR count). The molecule has 0 unspecified atom stereocenters. The van der Waals surface area contributed by atoms with Gasteiger partial charge in [-0.25, -0.2) is 4.68 Å². The van der Waals surface area contributed by atoms with Crippen molar-refractivity contribution in [2.75, 3.05) is 18.5 Å². The largest absolute Gasteiger partial charge is 0.388 e. The summed E-state index contributed by atoms with van der Waals surface area (Å²) in [6.07, 6.45) is 5.83. The lowest BCUT2D eigenvalue weighted by Crippen LogP contribution is -2.47. The first-order valence-corrected chi connectivity index (χ1v) is 7.03. The quantitative estimate of drug-likeness (QED) is 0.789. The summed E-state index contributed by atoms with van der Waals surface area (Å²) in [6.45, 7) is 4.62. The van der Waals surface area contributed by atoms with Crippen molar-refractivity contribution in [2.24, 2.45) is 0 Å². The second-order valence-electron chi connectivity index (χ2n) is 5.68. The van der Waals surface area contributed by atoms with Crippen LogP contribution in [0.15, 0.2) is 23.6 Å². The van der Waals surface area contributed by atoms with E-state index < -0.39 is 5.60 Å². The lowest BCUT2D eigenvalue weighted by atomic mass is 9.80. The molecule has 0 bridgehead atoms. The number of hydrogen-bond donors (Lipinski definition) is 2. The van der Waals surface area contributed by atoms with Gasteiger partial charge in [0, 0.05) is 13.6 Å². The summed E-state index contributed by atoms with van der Waals surface area (Å²) in [5.74, 6) is 0.443. The maximum absolute atomic E-state index is 12.1. The first-order chi connectivity index (χ1) is 10.0. The van der Waals surface area contributed by atoms with E-state index in [0.717, 1.165) is 19.3 Å². The molecule has 0 amide bonds. The molecule has 1 aliphatic carbocycles. The third-order valence-electron chi connectivity index (χ3n) is 3.97. The van der Waals surface area contributed by atoms with Gasteiger partial charge in [-0.15, -0.1) is 6.58 Å². The molecule has 0 radical (unpaired) electrons. The van der Waals surface area contributed by atoms with Crippen LogP contribution in [0.25, 0.3) is 11.0 Å². The minimum atomic E-state index is -0.663. The van der Waals surface area contributed by atoms with Crippen molar-refractivity contribution in [3.05, 3.63) is 29.2 Å². The molecule has 0 aliphatic heterocycles. The van der Waals surface area contributed by atoms with Gasteiger partial charge < -0.3 is 10.0 Å². The number of hydrogen-bond acceptors (Lipinski definition) is 5. The lowest BCUT2D eigenvalue weighted by molar-refractivity contribution is -0.0249. The number of fused-ring (bicyclic) bond motifs is 1. The molecule has 112 valence electrons. The Kier molecular flexibility index (Phi) is 3.29. The number of likely N-dealkylation sites (N-methyl/N-ethyl adjacent to an activating group) is 1. The normalized spacial score (nSPS) is 16.7. The molecule has 2 aromatic rings. The molecule has 21 heavy (non-hydrogen) atoms. The maximum Gasteiger partial charge on any atom is 0.263 e. The van der Waals surface area contributed by atoms with Crippen LogP contribution >= 0.6 is 0 Å². The smallest absolute Gasteiger partial charge is 0.263 e. The molecule has 2 aromatic heterocycles. The number of allylic oxidation sites excluding steroid dienone is 1. The molecular weight excluding hydrogens is 270 g/mol. The van der Waals surface area contributed by atoms with Gasteiger partial charge in [0.15, 0.2) is 5.65 Å². The molecule has 1 fully saturated rings. The summed E-state index contributed by atoms with van der Waals surface area (Å²) < 4.78 is 1.63. The summed E-state index contributed by atoms with van der Waals surface area (Å²) >= 11 is 0. The molecule has 1 aliphatic rings. The molecule has 0 saturated heterocycles. The van der Waals surface area contributed by atoms with E-state index in [-0.39, 0.29) is 5.56 Å². The van der Waals surface area contributed by atoms with E-state index in [1.807, 2.05) is 7.05 Å². The van der Waals surface area contributed by atoms with Crippen LogP contribution in [-0.4, -0.2) is 44.0 Å². The van der Waals surface area contributed by atoms with Crippen molar-refractivity contribution >= 4 is 17.0 Å². The van der Waals surface area contributed by atoms with E-state index in [0.29, 0.717) is 30.1 Å². The minimum absolute atomic E-state index is 0.224. The Morgan fingerprint density at radius 1 is 1.62 bits per heavy atom. The van der Waals surface area contributed by atoms with Gasteiger partial charge in [0.25, 0.3) is 5.56 Å². The van der Waals surface area contributed by atoms with Gasteiger partial charge in [0.1, 0.15) is 5.39 Å². The topological polar surface area (TPSA) is 87.0 Å². The number of rotatable bonds is 5. The number of anilines is 1. The highest BCUT2D eigenvalue weighted by Gasteiger charge is 2.35.